The van der Waals surface area contributed by atoms with Crippen LogP contribution in [-0.4, -0.2) is 24.7 Å². The van der Waals surface area contributed by atoms with E-state index in [1.54, 1.807) is 12.1 Å². The average Bonchev–Trinajstić information content (AvgIpc) is 2.40. The largest absolute Gasteiger partial charge is 0.344 e. The van der Waals surface area contributed by atoms with E-state index in [2.05, 4.69) is 0 Å². The Morgan fingerprint density at radius 3 is 2.21 bits per heavy atom. The zero-order chi connectivity index (χ0) is 14.1. The molecule has 0 unspecified atom stereocenters. The first-order valence-corrected chi connectivity index (χ1v) is 6.11. The molecule has 0 aromatic heterocycles. The van der Waals surface area contributed by atoms with Crippen LogP contribution in [0, 0.1) is 15.5 Å². The smallest absolute Gasteiger partial charge is 0.269 e. The molecule has 1 saturated heterocycles. The maximum Gasteiger partial charge on any atom is 0.269 e. The molecule has 6 nitrogen and oxygen atoms in total. The highest BCUT2D eigenvalue weighted by Gasteiger charge is 2.41. The lowest BCUT2D eigenvalue weighted by Gasteiger charge is -2.43. The molecule has 2 rings (SSSR count). The van der Waals surface area contributed by atoms with Crippen LogP contribution in [0.5, 0.6) is 0 Å². The van der Waals surface area contributed by atoms with E-state index in [4.69, 9.17) is 15.2 Å². The Morgan fingerprint density at radius 2 is 1.79 bits per heavy atom. The summed E-state index contributed by atoms with van der Waals surface area (Å²) in [5.41, 5.74) is 6.46. The van der Waals surface area contributed by atoms with Crippen LogP contribution in [0.1, 0.15) is 19.4 Å². The summed E-state index contributed by atoms with van der Waals surface area (Å²) in [6.45, 7) is 5.32. The molecule has 1 heterocycles. The van der Waals surface area contributed by atoms with Gasteiger partial charge in [-0.05, 0) is 12.1 Å². The van der Waals surface area contributed by atoms with E-state index >= 15 is 0 Å². The van der Waals surface area contributed by atoms with Crippen molar-refractivity contribution < 1.29 is 14.4 Å². The summed E-state index contributed by atoms with van der Waals surface area (Å²) in [6, 6.07) is 6.12. The van der Waals surface area contributed by atoms with Crippen LogP contribution in [0.15, 0.2) is 24.3 Å². The maximum atomic E-state index is 10.6. The second kappa shape index (κ2) is 4.88. The number of hydrogen-bond acceptors (Lipinski definition) is 5. The van der Waals surface area contributed by atoms with Crippen molar-refractivity contribution in [3.63, 3.8) is 0 Å². The fraction of sp³-hybridized carbons (Fsp3) is 0.538. The second-order valence-electron chi connectivity index (χ2n) is 5.50. The number of nitrogens with zero attached hydrogens (tertiary/aromatic N) is 1. The molecular weight excluding hydrogens is 248 g/mol. The number of rotatable bonds is 3. The van der Waals surface area contributed by atoms with Gasteiger partial charge in [0.05, 0.1) is 24.7 Å². The van der Waals surface area contributed by atoms with Crippen LogP contribution in [0.25, 0.3) is 0 Å². The number of nitrogens with two attached hydrogens (primary N) is 1. The highest BCUT2D eigenvalue weighted by Crippen LogP contribution is 2.36. The summed E-state index contributed by atoms with van der Waals surface area (Å²) in [5, 5.41) is 10.6. The van der Waals surface area contributed by atoms with Crippen molar-refractivity contribution >= 4 is 5.69 Å². The van der Waals surface area contributed by atoms with Crippen LogP contribution < -0.4 is 5.73 Å². The van der Waals surface area contributed by atoms with E-state index in [-0.39, 0.29) is 17.6 Å². The van der Waals surface area contributed by atoms with Crippen molar-refractivity contribution in [2.75, 3.05) is 19.8 Å². The second-order valence-corrected chi connectivity index (χ2v) is 5.50. The summed E-state index contributed by atoms with van der Waals surface area (Å²) >= 11 is 0. The molecule has 0 bridgehead atoms. The maximum absolute atomic E-state index is 10.6. The summed E-state index contributed by atoms with van der Waals surface area (Å²) in [5.74, 6) is -0.995. The van der Waals surface area contributed by atoms with E-state index in [9.17, 15) is 10.1 Å². The molecule has 2 N–H and O–H groups in total. The molecule has 1 aromatic carbocycles. The molecule has 1 aliphatic heterocycles. The van der Waals surface area contributed by atoms with Gasteiger partial charge in [0.1, 0.15) is 0 Å². The lowest BCUT2D eigenvalue weighted by molar-refractivity contribution is -0.385. The first kappa shape index (κ1) is 13.9. The minimum Gasteiger partial charge on any atom is -0.344 e. The van der Waals surface area contributed by atoms with Crippen LogP contribution >= 0.6 is 0 Å². The number of benzene rings is 1. The van der Waals surface area contributed by atoms with Gasteiger partial charge in [-0.1, -0.05) is 13.8 Å². The normalized spacial score (nSPS) is 21.0. The molecule has 1 aromatic rings. The minimum absolute atomic E-state index is 0.0343. The third-order valence-corrected chi connectivity index (χ3v) is 3.18. The predicted molar refractivity (Wildman–Crippen MR) is 69.5 cm³/mol. The fourth-order valence-electron chi connectivity index (χ4n) is 1.95. The van der Waals surface area contributed by atoms with Gasteiger partial charge in [0, 0.05) is 23.1 Å². The van der Waals surface area contributed by atoms with E-state index in [0.29, 0.717) is 18.8 Å². The Morgan fingerprint density at radius 1 is 1.26 bits per heavy atom. The van der Waals surface area contributed by atoms with Crippen LogP contribution in [0.2, 0.25) is 0 Å². The zero-order valence-electron chi connectivity index (χ0n) is 11.1. The molecule has 1 aliphatic rings. The van der Waals surface area contributed by atoms with E-state index < -0.39 is 10.7 Å². The number of hydrogen-bond donors (Lipinski definition) is 1. The first-order valence-electron chi connectivity index (χ1n) is 6.11. The van der Waals surface area contributed by atoms with Crippen molar-refractivity contribution in [1.29, 1.82) is 0 Å². The summed E-state index contributed by atoms with van der Waals surface area (Å²) < 4.78 is 11.6. The molecule has 0 radical (unpaired) electrons. The standard InChI is InChI=1S/C13H18N2O4/c1-12(2)8-18-13(7-14,19-9-12)10-3-5-11(6-4-10)15(16)17/h3-6H,7-9,14H2,1-2H3. The molecule has 0 atom stereocenters. The minimum atomic E-state index is -0.995. The molecule has 0 amide bonds. The van der Waals surface area contributed by atoms with Crippen molar-refractivity contribution in [3.8, 4) is 0 Å². The number of nitro benzene ring substituents is 1. The third-order valence-electron chi connectivity index (χ3n) is 3.18. The zero-order valence-corrected chi connectivity index (χ0v) is 11.1. The molecule has 6 heteroatoms. The van der Waals surface area contributed by atoms with E-state index in [1.165, 1.54) is 12.1 Å². The van der Waals surface area contributed by atoms with Gasteiger partial charge in [0.25, 0.3) is 5.69 Å². The molecule has 0 aliphatic carbocycles. The average molecular weight is 266 g/mol. The van der Waals surface area contributed by atoms with Gasteiger partial charge in [-0.2, -0.15) is 0 Å². The Hall–Kier alpha value is -1.50. The molecule has 0 saturated carbocycles. The highest BCUT2D eigenvalue weighted by atomic mass is 16.7. The summed E-state index contributed by atoms with van der Waals surface area (Å²) in [6.07, 6.45) is 0. The molecular formula is C13H18N2O4. The quantitative estimate of drug-likeness (QED) is 0.665. The van der Waals surface area contributed by atoms with Crippen LogP contribution in [-0.2, 0) is 15.3 Å². The topological polar surface area (TPSA) is 87.6 Å². The van der Waals surface area contributed by atoms with Gasteiger partial charge in [0.2, 0.25) is 5.79 Å². The lowest BCUT2D eigenvalue weighted by atomic mass is 9.93. The summed E-state index contributed by atoms with van der Waals surface area (Å²) in [7, 11) is 0. The fourth-order valence-corrected chi connectivity index (χ4v) is 1.95. The van der Waals surface area contributed by atoms with E-state index in [1.807, 2.05) is 13.8 Å². The van der Waals surface area contributed by atoms with Crippen LogP contribution in [0.4, 0.5) is 5.69 Å². The number of ether oxygens (including phenoxy) is 2. The van der Waals surface area contributed by atoms with Crippen molar-refractivity contribution in [2.45, 2.75) is 19.6 Å². The third kappa shape index (κ3) is 2.75. The predicted octanol–water partition coefficient (Wildman–Crippen LogP) is 1.78. The summed E-state index contributed by atoms with van der Waals surface area (Å²) in [4.78, 5) is 10.2. The first-order chi connectivity index (χ1) is 8.88. The van der Waals surface area contributed by atoms with Gasteiger partial charge in [-0.15, -0.1) is 0 Å². The number of nitro groups is 1. The SMILES string of the molecule is CC1(C)COC(CN)(c2ccc([N+](=O)[O-])cc2)OC1. The lowest BCUT2D eigenvalue weighted by Crippen LogP contribution is -2.49. The van der Waals surface area contributed by atoms with E-state index in [0.717, 1.165) is 0 Å². The van der Waals surface area contributed by atoms with Gasteiger partial charge >= 0.3 is 0 Å². The van der Waals surface area contributed by atoms with Gasteiger partial charge < -0.3 is 15.2 Å². The van der Waals surface area contributed by atoms with Gasteiger partial charge in [-0.25, -0.2) is 0 Å². The highest BCUT2D eigenvalue weighted by molar-refractivity contribution is 5.35. The monoisotopic (exact) mass is 266 g/mol. The van der Waals surface area contributed by atoms with Crippen molar-refractivity contribution in [3.05, 3.63) is 39.9 Å². The Balaban J connectivity index is 2.25. The van der Waals surface area contributed by atoms with Crippen LogP contribution in [0.3, 0.4) is 0 Å². The molecule has 104 valence electrons. The van der Waals surface area contributed by atoms with Gasteiger partial charge in [0.15, 0.2) is 0 Å². The van der Waals surface area contributed by atoms with Crippen molar-refractivity contribution in [1.82, 2.24) is 0 Å². The van der Waals surface area contributed by atoms with Crippen molar-refractivity contribution in [2.24, 2.45) is 11.1 Å². The Bertz CT molecular complexity index is 460. The number of non-ortho nitro benzene ring substituents is 1. The van der Waals surface area contributed by atoms with Gasteiger partial charge in [-0.3, -0.25) is 10.1 Å². The Labute approximate surface area is 111 Å². The molecule has 19 heavy (non-hydrogen) atoms. The Kier molecular flexibility index (Phi) is 3.58. The molecule has 0 spiro atoms. The molecule has 1 fully saturated rings.